The van der Waals surface area contributed by atoms with Gasteiger partial charge in [0.2, 0.25) is 0 Å². The Kier molecular flexibility index (Phi) is 6.13. The molecule has 4 nitrogen and oxygen atoms in total. The molecule has 2 aromatic carbocycles. The molecule has 122 valence electrons. The van der Waals surface area contributed by atoms with Gasteiger partial charge in [0.15, 0.2) is 6.10 Å². The Morgan fingerprint density at radius 1 is 1.17 bits per heavy atom. The van der Waals surface area contributed by atoms with Crippen molar-refractivity contribution in [3.8, 4) is 11.5 Å². The molecule has 0 saturated heterocycles. The van der Waals surface area contributed by atoms with Crippen molar-refractivity contribution in [3.05, 3.63) is 58.1 Å². The van der Waals surface area contributed by atoms with Crippen LogP contribution in [-0.2, 0) is 11.3 Å². The summed E-state index contributed by atoms with van der Waals surface area (Å²) in [7, 11) is 1.59. The summed E-state index contributed by atoms with van der Waals surface area (Å²) in [4.78, 5) is 12.1. The summed E-state index contributed by atoms with van der Waals surface area (Å²) in [5, 5.41) is 3.63. The lowest BCUT2D eigenvalue weighted by molar-refractivity contribution is -0.127. The van der Waals surface area contributed by atoms with Crippen LogP contribution in [-0.4, -0.2) is 19.1 Å². The lowest BCUT2D eigenvalue weighted by atomic mass is 10.2. The SMILES string of the molecule is COc1ccccc1CNC(=O)C(C)Oc1ccc(Cl)c(Cl)c1. The van der Waals surface area contributed by atoms with E-state index in [1.165, 1.54) is 0 Å². The smallest absolute Gasteiger partial charge is 0.261 e. The number of methoxy groups -OCH3 is 1. The highest BCUT2D eigenvalue weighted by atomic mass is 35.5. The molecule has 0 aromatic heterocycles. The van der Waals surface area contributed by atoms with Crippen molar-refractivity contribution in [3.63, 3.8) is 0 Å². The van der Waals surface area contributed by atoms with Gasteiger partial charge in [-0.3, -0.25) is 4.79 Å². The Morgan fingerprint density at radius 2 is 1.91 bits per heavy atom. The molecule has 0 radical (unpaired) electrons. The van der Waals surface area contributed by atoms with E-state index >= 15 is 0 Å². The van der Waals surface area contributed by atoms with Crippen LogP contribution in [0.5, 0.6) is 11.5 Å². The van der Waals surface area contributed by atoms with Crippen LogP contribution >= 0.6 is 23.2 Å². The fourth-order valence-electron chi connectivity index (χ4n) is 1.98. The molecule has 1 atom stereocenters. The molecule has 2 rings (SSSR count). The van der Waals surface area contributed by atoms with E-state index in [0.717, 1.165) is 11.3 Å². The van der Waals surface area contributed by atoms with E-state index in [-0.39, 0.29) is 5.91 Å². The minimum atomic E-state index is -0.665. The second-order valence-corrected chi connectivity index (χ2v) is 5.68. The number of para-hydroxylation sites is 1. The Hall–Kier alpha value is -1.91. The maximum Gasteiger partial charge on any atom is 0.261 e. The minimum absolute atomic E-state index is 0.234. The highest BCUT2D eigenvalue weighted by Gasteiger charge is 2.15. The molecular formula is C17H17Cl2NO3. The molecule has 0 saturated carbocycles. The van der Waals surface area contributed by atoms with Gasteiger partial charge in [-0.15, -0.1) is 0 Å². The van der Waals surface area contributed by atoms with Crippen molar-refractivity contribution in [2.45, 2.75) is 19.6 Å². The molecule has 6 heteroatoms. The van der Waals surface area contributed by atoms with Crippen molar-refractivity contribution in [1.82, 2.24) is 5.32 Å². The van der Waals surface area contributed by atoms with Crippen LogP contribution in [0.4, 0.5) is 0 Å². The van der Waals surface area contributed by atoms with Crippen molar-refractivity contribution >= 4 is 29.1 Å². The quantitative estimate of drug-likeness (QED) is 0.850. The van der Waals surface area contributed by atoms with Crippen LogP contribution in [0, 0.1) is 0 Å². The van der Waals surface area contributed by atoms with Gasteiger partial charge in [0, 0.05) is 18.2 Å². The van der Waals surface area contributed by atoms with E-state index in [1.54, 1.807) is 32.2 Å². The van der Waals surface area contributed by atoms with Gasteiger partial charge in [-0.25, -0.2) is 0 Å². The Bertz CT molecular complexity index is 691. The summed E-state index contributed by atoms with van der Waals surface area (Å²) in [6.07, 6.45) is -0.665. The maximum absolute atomic E-state index is 12.1. The second kappa shape index (κ2) is 8.09. The first-order valence-corrected chi connectivity index (χ1v) is 7.78. The minimum Gasteiger partial charge on any atom is -0.496 e. The van der Waals surface area contributed by atoms with Gasteiger partial charge in [0.25, 0.3) is 5.91 Å². The fraction of sp³-hybridized carbons (Fsp3) is 0.235. The molecule has 0 aliphatic heterocycles. The summed E-state index contributed by atoms with van der Waals surface area (Å²) in [6, 6.07) is 12.4. The molecule has 0 fully saturated rings. The van der Waals surface area contributed by atoms with Crippen LogP contribution in [0.25, 0.3) is 0 Å². The number of benzene rings is 2. The molecule has 0 heterocycles. The lowest BCUT2D eigenvalue weighted by Crippen LogP contribution is -2.35. The van der Waals surface area contributed by atoms with E-state index in [1.807, 2.05) is 24.3 Å². The van der Waals surface area contributed by atoms with Crippen LogP contribution in [0.15, 0.2) is 42.5 Å². The molecule has 0 aliphatic carbocycles. The zero-order valence-corrected chi connectivity index (χ0v) is 14.3. The third-order valence-corrected chi connectivity index (χ3v) is 3.96. The van der Waals surface area contributed by atoms with Crippen LogP contribution < -0.4 is 14.8 Å². The zero-order valence-electron chi connectivity index (χ0n) is 12.8. The first-order valence-electron chi connectivity index (χ1n) is 7.02. The van der Waals surface area contributed by atoms with Gasteiger partial charge in [0.05, 0.1) is 17.2 Å². The zero-order chi connectivity index (χ0) is 16.8. The predicted molar refractivity (Wildman–Crippen MR) is 91.4 cm³/mol. The Labute approximate surface area is 145 Å². The van der Waals surface area contributed by atoms with Crippen molar-refractivity contribution in [2.24, 2.45) is 0 Å². The van der Waals surface area contributed by atoms with E-state index in [9.17, 15) is 4.79 Å². The largest absolute Gasteiger partial charge is 0.496 e. The molecule has 1 N–H and O–H groups in total. The van der Waals surface area contributed by atoms with Gasteiger partial charge in [-0.2, -0.15) is 0 Å². The van der Waals surface area contributed by atoms with Crippen LogP contribution in [0.1, 0.15) is 12.5 Å². The normalized spacial score (nSPS) is 11.7. The molecule has 0 spiro atoms. The van der Waals surface area contributed by atoms with Gasteiger partial charge in [-0.05, 0) is 25.1 Å². The number of amides is 1. The third-order valence-electron chi connectivity index (χ3n) is 3.22. The van der Waals surface area contributed by atoms with E-state index in [2.05, 4.69) is 5.32 Å². The number of nitrogens with one attached hydrogen (secondary N) is 1. The predicted octanol–water partition coefficient (Wildman–Crippen LogP) is 4.09. The second-order valence-electron chi connectivity index (χ2n) is 4.87. The maximum atomic E-state index is 12.1. The summed E-state index contributed by atoms with van der Waals surface area (Å²) in [5.41, 5.74) is 0.894. The van der Waals surface area contributed by atoms with Gasteiger partial charge in [-0.1, -0.05) is 41.4 Å². The van der Waals surface area contributed by atoms with Crippen molar-refractivity contribution in [1.29, 1.82) is 0 Å². The first kappa shape index (κ1) is 17.4. The molecular weight excluding hydrogens is 337 g/mol. The van der Waals surface area contributed by atoms with E-state index in [4.69, 9.17) is 32.7 Å². The number of hydrogen-bond acceptors (Lipinski definition) is 3. The highest BCUT2D eigenvalue weighted by molar-refractivity contribution is 6.42. The molecule has 0 aliphatic rings. The molecule has 2 aromatic rings. The number of halogens is 2. The summed E-state index contributed by atoms with van der Waals surface area (Å²) >= 11 is 11.8. The topological polar surface area (TPSA) is 47.6 Å². The number of ether oxygens (including phenoxy) is 2. The summed E-state index contributed by atoms with van der Waals surface area (Å²) in [6.45, 7) is 2.03. The number of carbonyl (C=O) groups is 1. The summed E-state index contributed by atoms with van der Waals surface area (Å²) in [5.74, 6) is 0.979. The summed E-state index contributed by atoms with van der Waals surface area (Å²) < 4.78 is 10.8. The third kappa shape index (κ3) is 4.78. The fourth-order valence-corrected chi connectivity index (χ4v) is 2.27. The van der Waals surface area contributed by atoms with E-state index < -0.39 is 6.10 Å². The molecule has 0 bridgehead atoms. The lowest BCUT2D eigenvalue weighted by Gasteiger charge is -2.16. The number of carbonyl (C=O) groups excluding carboxylic acids is 1. The number of hydrogen-bond donors (Lipinski definition) is 1. The molecule has 23 heavy (non-hydrogen) atoms. The first-order chi connectivity index (χ1) is 11.0. The molecule has 1 unspecified atom stereocenters. The number of rotatable bonds is 6. The average Bonchev–Trinajstić information content (AvgIpc) is 2.56. The average molecular weight is 354 g/mol. The highest BCUT2D eigenvalue weighted by Crippen LogP contribution is 2.26. The van der Waals surface area contributed by atoms with Gasteiger partial charge < -0.3 is 14.8 Å². The standard InChI is InChI=1S/C17H17Cl2NO3/c1-11(23-13-7-8-14(18)15(19)9-13)17(21)20-10-12-5-3-4-6-16(12)22-2/h3-9,11H,10H2,1-2H3,(H,20,21). The van der Waals surface area contributed by atoms with Crippen molar-refractivity contribution in [2.75, 3.05) is 7.11 Å². The van der Waals surface area contributed by atoms with Crippen LogP contribution in [0.2, 0.25) is 10.0 Å². The Balaban J connectivity index is 1.93. The van der Waals surface area contributed by atoms with Gasteiger partial charge >= 0.3 is 0 Å². The monoisotopic (exact) mass is 353 g/mol. The van der Waals surface area contributed by atoms with Gasteiger partial charge in [0.1, 0.15) is 11.5 Å². The van der Waals surface area contributed by atoms with Crippen LogP contribution in [0.3, 0.4) is 0 Å². The van der Waals surface area contributed by atoms with Crippen molar-refractivity contribution < 1.29 is 14.3 Å². The molecule has 1 amide bonds. The Morgan fingerprint density at radius 3 is 2.61 bits per heavy atom. The van der Waals surface area contributed by atoms with E-state index in [0.29, 0.717) is 22.3 Å².